The Morgan fingerprint density at radius 3 is 2.43 bits per heavy atom. The molecule has 1 fully saturated rings. The largest absolute Gasteiger partial charge is 0.497 e. The number of benzene rings is 1. The number of allylic oxidation sites excluding steroid dienone is 3. The zero-order valence-electron chi connectivity index (χ0n) is 14.1. The van der Waals surface area contributed by atoms with E-state index in [1.807, 2.05) is 24.3 Å². The molecule has 0 N–H and O–H groups in total. The maximum absolute atomic E-state index is 11.2. The van der Waals surface area contributed by atoms with E-state index in [9.17, 15) is 4.79 Å². The summed E-state index contributed by atoms with van der Waals surface area (Å²) in [5, 5.41) is 0. The van der Waals surface area contributed by atoms with Gasteiger partial charge >= 0.3 is 5.97 Å². The average Bonchev–Trinajstić information content (AvgIpc) is 2.62. The van der Waals surface area contributed by atoms with Crippen molar-refractivity contribution >= 4 is 11.5 Å². The van der Waals surface area contributed by atoms with Crippen molar-refractivity contribution in [1.29, 1.82) is 0 Å². The molecule has 1 aliphatic rings. The van der Waals surface area contributed by atoms with Crippen LogP contribution < -0.4 is 4.74 Å². The Balaban J connectivity index is 2.17. The van der Waals surface area contributed by atoms with Crippen LogP contribution in [0.25, 0.3) is 5.57 Å². The summed E-state index contributed by atoms with van der Waals surface area (Å²) in [6, 6.07) is 8.25. The molecule has 3 nitrogen and oxygen atoms in total. The fourth-order valence-electron chi connectivity index (χ4n) is 3.08. The molecule has 1 aromatic carbocycles. The van der Waals surface area contributed by atoms with E-state index in [1.54, 1.807) is 7.11 Å². The highest BCUT2D eigenvalue weighted by atomic mass is 16.5. The molecule has 1 aromatic rings. The first-order valence-corrected chi connectivity index (χ1v) is 8.32. The van der Waals surface area contributed by atoms with Gasteiger partial charge in [-0.05, 0) is 42.0 Å². The number of ether oxygens (including phenoxy) is 2. The van der Waals surface area contributed by atoms with E-state index < -0.39 is 0 Å². The summed E-state index contributed by atoms with van der Waals surface area (Å²) in [6.45, 7) is 0. The number of rotatable bonds is 6. The smallest absolute Gasteiger partial charge is 0.309 e. The van der Waals surface area contributed by atoms with E-state index in [-0.39, 0.29) is 5.97 Å². The minimum absolute atomic E-state index is 0.210. The standard InChI is InChI=1S/C20H26O3/c1-22-18-14-12-17(13-15-18)19(16-8-4-3-5-9-16)10-6-7-11-20(21)23-2/h6-7,10,12-16H,3-5,8-9,11H2,1-2H3/b7-6+,19-10+. The molecule has 124 valence electrons. The molecule has 1 aliphatic carbocycles. The zero-order valence-corrected chi connectivity index (χ0v) is 14.1. The monoisotopic (exact) mass is 314 g/mol. The topological polar surface area (TPSA) is 35.5 Å². The average molecular weight is 314 g/mol. The van der Waals surface area contributed by atoms with Gasteiger partial charge in [-0.25, -0.2) is 0 Å². The molecule has 3 heteroatoms. The Bertz CT molecular complexity index is 549. The predicted octanol–water partition coefficient (Wildman–Crippen LogP) is 4.78. The molecule has 0 spiro atoms. The van der Waals surface area contributed by atoms with E-state index in [1.165, 1.54) is 50.4 Å². The van der Waals surface area contributed by atoms with Gasteiger partial charge in [0.2, 0.25) is 0 Å². The zero-order chi connectivity index (χ0) is 16.5. The minimum atomic E-state index is -0.210. The van der Waals surface area contributed by atoms with Gasteiger partial charge in [0.25, 0.3) is 0 Å². The summed E-state index contributed by atoms with van der Waals surface area (Å²) in [6.07, 6.45) is 12.7. The molecule has 0 bridgehead atoms. The second-order valence-electron chi connectivity index (χ2n) is 5.89. The third-order valence-corrected chi connectivity index (χ3v) is 4.39. The maximum atomic E-state index is 11.2. The van der Waals surface area contributed by atoms with E-state index in [0.29, 0.717) is 12.3 Å². The van der Waals surface area contributed by atoms with Crippen molar-refractivity contribution < 1.29 is 14.3 Å². The van der Waals surface area contributed by atoms with Gasteiger partial charge < -0.3 is 9.47 Å². The molecule has 0 saturated heterocycles. The van der Waals surface area contributed by atoms with E-state index in [0.717, 1.165) is 5.75 Å². The molecular formula is C20H26O3. The lowest BCUT2D eigenvalue weighted by molar-refractivity contribution is -0.139. The molecule has 2 rings (SSSR count). The van der Waals surface area contributed by atoms with Crippen molar-refractivity contribution in [3.05, 3.63) is 48.1 Å². The molecule has 1 saturated carbocycles. The minimum Gasteiger partial charge on any atom is -0.497 e. The quantitative estimate of drug-likeness (QED) is 0.560. The van der Waals surface area contributed by atoms with Gasteiger partial charge in [-0.2, -0.15) is 0 Å². The van der Waals surface area contributed by atoms with Crippen LogP contribution in [0.2, 0.25) is 0 Å². The van der Waals surface area contributed by atoms with Crippen LogP contribution in [0, 0.1) is 5.92 Å². The fraction of sp³-hybridized carbons (Fsp3) is 0.450. The number of carbonyl (C=O) groups is 1. The van der Waals surface area contributed by atoms with Crippen LogP contribution in [0.4, 0.5) is 0 Å². The van der Waals surface area contributed by atoms with Crippen LogP contribution in [-0.2, 0) is 9.53 Å². The first-order valence-electron chi connectivity index (χ1n) is 8.32. The van der Waals surface area contributed by atoms with Crippen LogP contribution in [0.3, 0.4) is 0 Å². The number of hydrogen-bond acceptors (Lipinski definition) is 3. The number of carbonyl (C=O) groups excluding carboxylic acids is 1. The molecule has 0 aromatic heterocycles. The van der Waals surface area contributed by atoms with E-state index in [4.69, 9.17) is 4.74 Å². The van der Waals surface area contributed by atoms with Crippen LogP contribution in [-0.4, -0.2) is 20.2 Å². The fourth-order valence-corrected chi connectivity index (χ4v) is 3.08. The van der Waals surface area contributed by atoms with Crippen molar-refractivity contribution in [2.24, 2.45) is 5.92 Å². The van der Waals surface area contributed by atoms with E-state index >= 15 is 0 Å². The molecule has 23 heavy (non-hydrogen) atoms. The summed E-state index contributed by atoms with van der Waals surface area (Å²) >= 11 is 0. The molecule has 0 unspecified atom stereocenters. The number of esters is 1. The lowest BCUT2D eigenvalue weighted by atomic mass is 9.80. The highest BCUT2D eigenvalue weighted by molar-refractivity contribution is 5.72. The summed E-state index contributed by atoms with van der Waals surface area (Å²) in [5.41, 5.74) is 2.59. The summed E-state index contributed by atoms with van der Waals surface area (Å²) in [7, 11) is 3.10. The Morgan fingerprint density at radius 2 is 1.83 bits per heavy atom. The van der Waals surface area contributed by atoms with Gasteiger partial charge in [-0.1, -0.05) is 49.6 Å². The predicted molar refractivity (Wildman–Crippen MR) is 93.3 cm³/mol. The van der Waals surface area contributed by atoms with Gasteiger partial charge in [-0.15, -0.1) is 0 Å². The number of hydrogen-bond donors (Lipinski definition) is 0. The van der Waals surface area contributed by atoms with Crippen LogP contribution in [0.15, 0.2) is 42.5 Å². The Hall–Kier alpha value is -2.03. The van der Waals surface area contributed by atoms with Crippen molar-refractivity contribution in [3.8, 4) is 5.75 Å². The first-order chi connectivity index (χ1) is 11.2. The Morgan fingerprint density at radius 1 is 1.13 bits per heavy atom. The van der Waals surface area contributed by atoms with Gasteiger partial charge in [0.1, 0.15) is 5.75 Å². The first kappa shape index (κ1) is 17.3. The second-order valence-corrected chi connectivity index (χ2v) is 5.89. The molecular weight excluding hydrogens is 288 g/mol. The van der Waals surface area contributed by atoms with Crippen molar-refractivity contribution in [1.82, 2.24) is 0 Å². The molecule has 0 heterocycles. The molecule has 0 aliphatic heterocycles. The lowest BCUT2D eigenvalue weighted by Gasteiger charge is -2.25. The third-order valence-electron chi connectivity index (χ3n) is 4.39. The van der Waals surface area contributed by atoms with Crippen LogP contribution >= 0.6 is 0 Å². The SMILES string of the molecule is COC(=O)C/C=C/C=C(/c1ccc(OC)cc1)C1CCCCC1. The van der Waals surface area contributed by atoms with E-state index in [2.05, 4.69) is 22.9 Å². The van der Waals surface area contributed by atoms with Gasteiger partial charge in [0, 0.05) is 0 Å². The van der Waals surface area contributed by atoms with Crippen LogP contribution in [0.1, 0.15) is 44.1 Å². The van der Waals surface area contributed by atoms with Crippen molar-refractivity contribution in [3.63, 3.8) is 0 Å². The highest BCUT2D eigenvalue weighted by Crippen LogP contribution is 2.35. The Kier molecular flexibility index (Phi) is 6.92. The molecule has 0 radical (unpaired) electrons. The molecule has 0 amide bonds. The van der Waals surface area contributed by atoms with Gasteiger partial charge in [0.05, 0.1) is 20.6 Å². The number of methoxy groups -OCH3 is 2. The normalized spacial score (nSPS) is 16.5. The Labute approximate surface area is 139 Å². The second kappa shape index (κ2) is 9.19. The summed E-state index contributed by atoms with van der Waals surface area (Å²) < 4.78 is 9.91. The maximum Gasteiger partial charge on any atom is 0.309 e. The van der Waals surface area contributed by atoms with Gasteiger partial charge in [0.15, 0.2) is 0 Å². The lowest BCUT2D eigenvalue weighted by Crippen LogP contribution is -2.08. The van der Waals surface area contributed by atoms with Crippen molar-refractivity contribution in [2.75, 3.05) is 14.2 Å². The molecule has 0 atom stereocenters. The third kappa shape index (κ3) is 5.27. The summed E-state index contributed by atoms with van der Waals surface area (Å²) in [5.74, 6) is 1.26. The van der Waals surface area contributed by atoms with Crippen LogP contribution in [0.5, 0.6) is 5.75 Å². The van der Waals surface area contributed by atoms with Gasteiger partial charge in [-0.3, -0.25) is 4.79 Å². The summed E-state index contributed by atoms with van der Waals surface area (Å²) in [4.78, 5) is 11.2. The van der Waals surface area contributed by atoms with Crippen molar-refractivity contribution in [2.45, 2.75) is 38.5 Å². The highest BCUT2D eigenvalue weighted by Gasteiger charge is 2.18.